The van der Waals surface area contributed by atoms with E-state index < -0.39 is 12.1 Å². The van der Waals surface area contributed by atoms with Gasteiger partial charge in [0, 0.05) is 18.7 Å². The van der Waals surface area contributed by atoms with Gasteiger partial charge >= 0.3 is 5.97 Å². The van der Waals surface area contributed by atoms with Gasteiger partial charge in [0.1, 0.15) is 5.69 Å². The van der Waals surface area contributed by atoms with E-state index in [1.54, 1.807) is 11.0 Å². The molecule has 120 valence electrons. The first-order valence-electron chi connectivity index (χ1n) is 7.37. The molecule has 1 aliphatic heterocycles. The first kappa shape index (κ1) is 15.2. The first-order valence-corrected chi connectivity index (χ1v) is 7.37. The van der Waals surface area contributed by atoms with Crippen molar-refractivity contribution in [3.05, 3.63) is 42.1 Å². The van der Waals surface area contributed by atoms with Crippen LogP contribution in [0.2, 0.25) is 0 Å². The molecule has 1 aromatic carbocycles. The predicted molar refractivity (Wildman–Crippen MR) is 81.9 cm³/mol. The van der Waals surface area contributed by atoms with Gasteiger partial charge in [-0.2, -0.15) is 5.10 Å². The van der Waals surface area contributed by atoms with E-state index in [9.17, 15) is 9.59 Å². The van der Waals surface area contributed by atoms with Gasteiger partial charge in [-0.1, -0.05) is 30.3 Å². The smallest absolute Gasteiger partial charge is 0.306 e. The van der Waals surface area contributed by atoms with E-state index in [1.165, 1.54) is 0 Å². The van der Waals surface area contributed by atoms with Gasteiger partial charge in [0.2, 0.25) is 0 Å². The number of nitrogens with one attached hydrogen (secondary N) is 1. The van der Waals surface area contributed by atoms with Crippen molar-refractivity contribution in [2.75, 3.05) is 19.7 Å². The van der Waals surface area contributed by atoms with Crippen LogP contribution < -0.4 is 0 Å². The zero-order valence-corrected chi connectivity index (χ0v) is 12.4. The molecule has 23 heavy (non-hydrogen) atoms. The fourth-order valence-electron chi connectivity index (χ4n) is 2.58. The Labute approximate surface area is 132 Å². The van der Waals surface area contributed by atoms with E-state index in [-0.39, 0.29) is 18.9 Å². The van der Waals surface area contributed by atoms with Crippen molar-refractivity contribution in [2.45, 2.75) is 12.5 Å². The van der Waals surface area contributed by atoms with Crippen molar-refractivity contribution in [1.29, 1.82) is 0 Å². The largest absolute Gasteiger partial charge is 0.481 e. The van der Waals surface area contributed by atoms with Crippen molar-refractivity contribution in [3.63, 3.8) is 0 Å². The summed E-state index contributed by atoms with van der Waals surface area (Å²) in [4.78, 5) is 24.9. The molecule has 0 bridgehead atoms. The second-order valence-corrected chi connectivity index (χ2v) is 5.37. The van der Waals surface area contributed by atoms with Crippen LogP contribution in [0.4, 0.5) is 0 Å². The standard InChI is InChI=1S/C16H17N3O4/c20-15(21)8-12-10-19(6-7-23-12)16(22)14-9-13(17-18-14)11-4-2-1-3-5-11/h1-5,9,12H,6-8,10H2,(H,17,18)(H,20,21)/t12-/m0/s1. The maximum Gasteiger partial charge on any atom is 0.306 e. The summed E-state index contributed by atoms with van der Waals surface area (Å²) in [6.07, 6.45) is -0.580. The summed E-state index contributed by atoms with van der Waals surface area (Å²) in [5.74, 6) is -1.13. The highest BCUT2D eigenvalue weighted by atomic mass is 16.5. The molecule has 0 aliphatic carbocycles. The van der Waals surface area contributed by atoms with Gasteiger partial charge in [-0.05, 0) is 6.07 Å². The number of amides is 1. The Kier molecular flexibility index (Phi) is 4.38. The summed E-state index contributed by atoms with van der Waals surface area (Å²) in [6, 6.07) is 11.3. The van der Waals surface area contributed by atoms with Crippen LogP contribution in [0.1, 0.15) is 16.9 Å². The van der Waals surface area contributed by atoms with Gasteiger partial charge in [0.15, 0.2) is 0 Å². The number of carbonyl (C=O) groups is 2. The van der Waals surface area contributed by atoms with Gasteiger partial charge < -0.3 is 14.7 Å². The average Bonchev–Trinajstić information content (AvgIpc) is 3.04. The molecule has 7 nitrogen and oxygen atoms in total. The number of aromatic amines is 1. The molecule has 1 fully saturated rings. The minimum atomic E-state index is -0.933. The maximum atomic E-state index is 12.5. The number of benzene rings is 1. The SMILES string of the molecule is O=C(O)C[C@H]1CN(C(=O)c2cc(-c3ccccc3)n[nH]2)CCO1. The molecule has 1 amide bonds. The highest BCUT2D eigenvalue weighted by molar-refractivity contribution is 5.93. The van der Waals surface area contributed by atoms with E-state index in [0.29, 0.717) is 24.5 Å². The van der Waals surface area contributed by atoms with Gasteiger partial charge in [-0.15, -0.1) is 0 Å². The summed E-state index contributed by atoms with van der Waals surface area (Å²) in [5.41, 5.74) is 2.01. The van der Waals surface area contributed by atoms with Crippen LogP contribution in [0.25, 0.3) is 11.3 Å². The number of aliphatic carboxylic acids is 1. The Hall–Kier alpha value is -2.67. The molecule has 0 saturated carbocycles. The fourth-order valence-corrected chi connectivity index (χ4v) is 2.58. The number of carboxylic acid groups (broad SMARTS) is 1. The Morgan fingerprint density at radius 3 is 2.87 bits per heavy atom. The van der Waals surface area contributed by atoms with Crippen molar-refractivity contribution < 1.29 is 19.4 Å². The summed E-state index contributed by atoms with van der Waals surface area (Å²) >= 11 is 0. The lowest BCUT2D eigenvalue weighted by Crippen LogP contribution is -2.46. The van der Waals surface area contributed by atoms with E-state index in [4.69, 9.17) is 9.84 Å². The lowest BCUT2D eigenvalue weighted by Gasteiger charge is -2.31. The Morgan fingerprint density at radius 2 is 2.13 bits per heavy atom. The maximum absolute atomic E-state index is 12.5. The summed E-state index contributed by atoms with van der Waals surface area (Å²) in [7, 11) is 0. The molecule has 1 atom stereocenters. The zero-order valence-electron chi connectivity index (χ0n) is 12.4. The molecule has 3 rings (SSSR count). The lowest BCUT2D eigenvalue weighted by molar-refractivity contribution is -0.141. The molecule has 7 heteroatoms. The molecule has 2 aromatic rings. The number of hydrogen-bond acceptors (Lipinski definition) is 4. The number of rotatable bonds is 4. The normalized spacial score (nSPS) is 17.9. The van der Waals surface area contributed by atoms with Crippen molar-refractivity contribution in [2.24, 2.45) is 0 Å². The van der Waals surface area contributed by atoms with E-state index >= 15 is 0 Å². The van der Waals surface area contributed by atoms with Crippen LogP contribution in [0.15, 0.2) is 36.4 Å². The molecule has 2 N–H and O–H groups in total. The van der Waals surface area contributed by atoms with Crippen LogP contribution in [0.3, 0.4) is 0 Å². The Bertz CT molecular complexity index is 698. The number of aromatic nitrogens is 2. The third kappa shape index (κ3) is 3.57. The lowest BCUT2D eigenvalue weighted by atomic mass is 10.1. The van der Waals surface area contributed by atoms with Crippen molar-refractivity contribution in [3.8, 4) is 11.3 Å². The van der Waals surface area contributed by atoms with Crippen LogP contribution >= 0.6 is 0 Å². The van der Waals surface area contributed by atoms with Crippen molar-refractivity contribution >= 4 is 11.9 Å². The van der Waals surface area contributed by atoms with Gasteiger partial charge in [0.25, 0.3) is 5.91 Å². The molecule has 0 unspecified atom stereocenters. The van der Waals surface area contributed by atoms with E-state index in [1.807, 2.05) is 30.3 Å². The molecular formula is C16H17N3O4. The third-order valence-electron chi connectivity index (χ3n) is 3.71. The molecule has 0 spiro atoms. The highest BCUT2D eigenvalue weighted by Gasteiger charge is 2.27. The van der Waals surface area contributed by atoms with Crippen LogP contribution in [-0.2, 0) is 9.53 Å². The second-order valence-electron chi connectivity index (χ2n) is 5.37. The molecule has 1 aliphatic rings. The number of H-pyrrole nitrogens is 1. The van der Waals surface area contributed by atoms with Crippen LogP contribution in [0, 0.1) is 0 Å². The first-order chi connectivity index (χ1) is 11.1. The minimum absolute atomic E-state index is 0.109. The minimum Gasteiger partial charge on any atom is -0.481 e. The zero-order chi connectivity index (χ0) is 16.2. The number of hydrogen-bond donors (Lipinski definition) is 2. The van der Waals surface area contributed by atoms with Crippen LogP contribution in [-0.4, -0.2) is 57.9 Å². The third-order valence-corrected chi connectivity index (χ3v) is 3.71. The van der Waals surface area contributed by atoms with Gasteiger partial charge in [-0.3, -0.25) is 14.7 Å². The quantitative estimate of drug-likeness (QED) is 0.889. The topological polar surface area (TPSA) is 95.5 Å². The number of nitrogens with zero attached hydrogens (tertiary/aromatic N) is 2. The second kappa shape index (κ2) is 6.62. The predicted octanol–water partition coefficient (Wildman–Crippen LogP) is 1.39. The molecule has 1 aromatic heterocycles. The van der Waals surface area contributed by atoms with E-state index in [0.717, 1.165) is 5.56 Å². The average molecular weight is 315 g/mol. The Balaban J connectivity index is 1.71. The number of morpholine rings is 1. The van der Waals surface area contributed by atoms with Gasteiger partial charge in [0.05, 0.1) is 24.8 Å². The van der Waals surface area contributed by atoms with Gasteiger partial charge in [-0.25, -0.2) is 0 Å². The molecule has 1 saturated heterocycles. The highest BCUT2D eigenvalue weighted by Crippen LogP contribution is 2.18. The van der Waals surface area contributed by atoms with Crippen LogP contribution in [0.5, 0.6) is 0 Å². The molecule has 0 radical (unpaired) electrons. The number of carboxylic acids is 1. The molecule has 2 heterocycles. The summed E-state index contributed by atoms with van der Waals surface area (Å²) < 4.78 is 5.38. The summed E-state index contributed by atoms with van der Waals surface area (Å²) in [5, 5.41) is 15.8. The number of ether oxygens (including phenoxy) is 1. The van der Waals surface area contributed by atoms with E-state index in [2.05, 4.69) is 10.2 Å². The van der Waals surface area contributed by atoms with Crippen molar-refractivity contribution in [1.82, 2.24) is 15.1 Å². The molecular weight excluding hydrogens is 298 g/mol. The fraction of sp³-hybridized carbons (Fsp3) is 0.312. The summed E-state index contributed by atoms with van der Waals surface area (Å²) in [6.45, 7) is 1.04. The number of carbonyl (C=O) groups excluding carboxylic acids is 1. The monoisotopic (exact) mass is 315 g/mol. The Morgan fingerprint density at radius 1 is 1.35 bits per heavy atom.